The van der Waals surface area contributed by atoms with Crippen molar-refractivity contribution in [3.8, 4) is 0 Å². The highest BCUT2D eigenvalue weighted by molar-refractivity contribution is 5.57. The fraction of sp³-hybridized carbons (Fsp3) is 0.765. The van der Waals surface area contributed by atoms with Crippen LogP contribution >= 0.6 is 0 Å². The van der Waals surface area contributed by atoms with Gasteiger partial charge in [0, 0.05) is 18.2 Å². The Bertz CT molecular complexity index is 450. The van der Waals surface area contributed by atoms with Crippen molar-refractivity contribution < 1.29 is 0 Å². The number of nitrogens with zero attached hydrogens (tertiary/aromatic N) is 2. The molecule has 0 aromatic carbocycles. The van der Waals surface area contributed by atoms with E-state index in [-0.39, 0.29) is 0 Å². The van der Waals surface area contributed by atoms with Crippen LogP contribution in [0.1, 0.15) is 63.8 Å². The van der Waals surface area contributed by atoms with Crippen LogP contribution in [0.5, 0.6) is 0 Å². The van der Waals surface area contributed by atoms with Gasteiger partial charge in [-0.25, -0.2) is 9.97 Å². The van der Waals surface area contributed by atoms with Gasteiger partial charge in [-0.2, -0.15) is 0 Å². The summed E-state index contributed by atoms with van der Waals surface area (Å²) in [6, 6.07) is 0.569. The monoisotopic (exact) mass is 290 g/mol. The minimum Gasteiger partial charge on any atom is -0.370 e. The molecular weight excluding hydrogens is 260 g/mol. The molecule has 1 aliphatic rings. The van der Waals surface area contributed by atoms with Crippen LogP contribution in [0.3, 0.4) is 0 Å². The van der Waals surface area contributed by atoms with Crippen molar-refractivity contribution in [2.75, 3.05) is 17.2 Å². The summed E-state index contributed by atoms with van der Waals surface area (Å²) in [7, 11) is 0. The van der Waals surface area contributed by atoms with Gasteiger partial charge in [0.15, 0.2) is 0 Å². The fourth-order valence-corrected chi connectivity index (χ4v) is 3.09. The first kappa shape index (κ1) is 16.1. The van der Waals surface area contributed by atoms with Crippen molar-refractivity contribution in [2.45, 2.75) is 72.3 Å². The van der Waals surface area contributed by atoms with Gasteiger partial charge in [-0.15, -0.1) is 0 Å². The summed E-state index contributed by atoms with van der Waals surface area (Å²) < 4.78 is 0. The van der Waals surface area contributed by atoms with E-state index in [1.807, 2.05) is 6.92 Å². The number of aromatic nitrogens is 2. The predicted octanol–water partition coefficient (Wildman–Crippen LogP) is 4.30. The Morgan fingerprint density at radius 3 is 2.29 bits per heavy atom. The second-order valence-corrected chi connectivity index (χ2v) is 6.29. The number of hydrogen-bond donors (Lipinski definition) is 2. The minimum atomic E-state index is 0.569. The predicted molar refractivity (Wildman–Crippen MR) is 89.9 cm³/mol. The summed E-state index contributed by atoms with van der Waals surface area (Å²) in [6.45, 7) is 9.51. The number of rotatable bonds is 6. The first-order valence-electron chi connectivity index (χ1n) is 8.49. The summed E-state index contributed by atoms with van der Waals surface area (Å²) in [6.07, 6.45) is 7.64. The van der Waals surface area contributed by atoms with Crippen LogP contribution in [0, 0.1) is 19.8 Å². The first-order chi connectivity index (χ1) is 10.1. The Morgan fingerprint density at radius 2 is 1.67 bits per heavy atom. The molecule has 0 spiro atoms. The molecule has 0 unspecified atom stereocenters. The summed E-state index contributed by atoms with van der Waals surface area (Å²) in [5.41, 5.74) is 1.15. The van der Waals surface area contributed by atoms with E-state index in [1.54, 1.807) is 0 Å². The van der Waals surface area contributed by atoms with Crippen molar-refractivity contribution in [1.82, 2.24) is 9.97 Å². The Kier molecular flexibility index (Phi) is 5.83. The molecular formula is C17H30N4. The molecule has 1 aromatic heterocycles. The average molecular weight is 290 g/mol. The van der Waals surface area contributed by atoms with Crippen molar-refractivity contribution in [2.24, 2.45) is 5.92 Å². The maximum absolute atomic E-state index is 4.61. The van der Waals surface area contributed by atoms with Gasteiger partial charge in [0.1, 0.15) is 17.5 Å². The molecule has 4 nitrogen and oxygen atoms in total. The van der Waals surface area contributed by atoms with Crippen LogP contribution in [0.15, 0.2) is 0 Å². The summed E-state index contributed by atoms with van der Waals surface area (Å²) in [5, 5.41) is 7.07. The molecule has 0 amide bonds. The van der Waals surface area contributed by atoms with Gasteiger partial charge in [-0.3, -0.25) is 0 Å². The van der Waals surface area contributed by atoms with Crippen molar-refractivity contribution in [3.05, 3.63) is 11.4 Å². The first-order valence-corrected chi connectivity index (χ1v) is 8.49. The number of nitrogens with one attached hydrogen (secondary N) is 2. The van der Waals surface area contributed by atoms with Crippen LogP contribution in [-0.2, 0) is 0 Å². The molecule has 0 atom stereocenters. The van der Waals surface area contributed by atoms with Gasteiger partial charge in [-0.1, -0.05) is 20.3 Å². The minimum absolute atomic E-state index is 0.569. The normalized spacial score (nSPS) is 22.1. The average Bonchev–Trinajstić information content (AvgIpc) is 2.50. The molecule has 0 radical (unpaired) electrons. The second-order valence-electron chi connectivity index (χ2n) is 6.29. The van der Waals surface area contributed by atoms with E-state index in [1.165, 1.54) is 32.1 Å². The Balaban J connectivity index is 2.04. The van der Waals surface area contributed by atoms with E-state index in [4.69, 9.17) is 0 Å². The van der Waals surface area contributed by atoms with Crippen LogP contribution in [0.4, 0.5) is 11.6 Å². The Labute approximate surface area is 129 Å². The highest BCUT2D eigenvalue weighted by Crippen LogP contribution is 2.29. The fourth-order valence-electron chi connectivity index (χ4n) is 3.09. The van der Waals surface area contributed by atoms with E-state index in [2.05, 4.69) is 41.4 Å². The van der Waals surface area contributed by atoms with Crippen molar-refractivity contribution >= 4 is 11.6 Å². The zero-order chi connectivity index (χ0) is 15.2. The molecule has 1 heterocycles. The highest BCUT2D eigenvalue weighted by Gasteiger charge is 2.21. The molecule has 1 aromatic rings. The lowest BCUT2D eigenvalue weighted by molar-refractivity contribution is 0.330. The van der Waals surface area contributed by atoms with Gasteiger partial charge in [-0.05, 0) is 51.9 Å². The van der Waals surface area contributed by atoms with Crippen molar-refractivity contribution in [3.63, 3.8) is 0 Å². The van der Waals surface area contributed by atoms with Crippen LogP contribution in [0.2, 0.25) is 0 Å². The lowest BCUT2D eigenvalue weighted by Crippen LogP contribution is -2.27. The number of hydrogen-bond acceptors (Lipinski definition) is 4. The number of aryl methyl sites for hydroxylation is 1. The maximum atomic E-state index is 4.61. The third-order valence-electron chi connectivity index (χ3n) is 4.57. The topological polar surface area (TPSA) is 49.8 Å². The molecule has 2 rings (SSSR count). The third-order valence-corrected chi connectivity index (χ3v) is 4.57. The maximum Gasteiger partial charge on any atom is 0.134 e. The summed E-state index contributed by atoms with van der Waals surface area (Å²) in [5.74, 6) is 3.76. The Morgan fingerprint density at radius 1 is 1.00 bits per heavy atom. The molecule has 0 bridgehead atoms. The van der Waals surface area contributed by atoms with E-state index in [0.29, 0.717) is 6.04 Å². The van der Waals surface area contributed by atoms with Crippen LogP contribution in [-0.4, -0.2) is 22.6 Å². The zero-order valence-electron chi connectivity index (χ0n) is 14.0. The van der Waals surface area contributed by atoms with Crippen LogP contribution in [0.25, 0.3) is 0 Å². The molecule has 0 saturated heterocycles. The van der Waals surface area contributed by atoms with Gasteiger partial charge < -0.3 is 10.6 Å². The summed E-state index contributed by atoms with van der Waals surface area (Å²) in [4.78, 5) is 9.14. The quantitative estimate of drug-likeness (QED) is 0.820. The zero-order valence-corrected chi connectivity index (χ0v) is 14.0. The largest absolute Gasteiger partial charge is 0.370 e. The van der Waals surface area contributed by atoms with Gasteiger partial charge in [0.2, 0.25) is 0 Å². The number of anilines is 2. The lowest BCUT2D eigenvalue weighted by atomic mass is 9.84. The SMILES string of the molecule is CCCNc1nc(C)nc(NC2CCC(CC)CC2)c1C. The third kappa shape index (κ3) is 4.32. The molecule has 1 fully saturated rings. The van der Waals surface area contributed by atoms with Gasteiger partial charge in [0.25, 0.3) is 0 Å². The van der Waals surface area contributed by atoms with Gasteiger partial charge >= 0.3 is 0 Å². The van der Waals surface area contributed by atoms with Crippen molar-refractivity contribution in [1.29, 1.82) is 0 Å². The molecule has 4 heteroatoms. The molecule has 118 valence electrons. The molecule has 21 heavy (non-hydrogen) atoms. The smallest absolute Gasteiger partial charge is 0.134 e. The van der Waals surface area contributed by atoms with E-state index in [9.17, 15) is 0 Å². The van der Waals surface area contributed by atoms with E-state index >= 15 is 0 Å². The Hall–Kier alpha value is -1.32. The molecule has 1 saturated carbocycles. The van der Waals surface area contributed by atoms with Crippen LogP contribution < -0.4 is 10.6 Å². The molecule has 2 N–H and O–H groups in total. The second kappa shape index (κ2) is 7.62. The molecule has 0 aliphatic heterocycles. The van der Waals surface area contributed by atoms with Gasteiger partial charge in [0.05, 0.1) is 0 Å². The van der Waals surface area contributed by atoms with E-state index in [0.717, 1.165) is 41.9 Å². The van der Waals surface area contributed by atoms with E-state index < -0.39 is 0 Å². The molecule has 1 aliphatic carbocycles. The lowest BCUT2D eigenvalue weighted by Gasteiger charge is -2.29. The highest BCUT2D eigenvalue weighted by atomic mass is 15.1. The standard InChI is InChI=1S/C17H30N4/c1-5-11-18-16-12(3)17(20-13(4)19-16)21-15-9-7-14(6-2)8-10-15/h14-15H,5-11H2,1-4H3,(H2,18,19,20,21). The summed E-state index contributed by atoms with van der Waals surface area (Å²) >= 11 is 0.